The minimum atomic E-state index is -0.255. The Morgan fingerprint density at radius 1 is 1.18 bits per heavy atom. The average Bonchev–Trinajstić information content (AvgIpc) is 2.67. The first-order valence-corrected chi connectivity index (χ1v) is 10.4. The van der Waals surface area contributed by atoms with Crippen LogP contribution in [0.3, 0.4) is 0 Å². The van der Waals surface area contributed by atoms with Crippen LogP contribution in [0.5, 0.6) is 11.5 Å². The van der Waals surface area contributed by atoms with Gasteiger partial charge in [0.05, 0.1) is 18.2 Å². The molecule has 0 saturated carbocycles. The van der Waals surface area contributed by atoms with Crippen molar-refractivity contribution in [2.75, 3.05) is 19.7 Å². The minimum absolute atomic E-state index is 0.0877. The Hall–Kier alpha value is -2.27. The first-order valence-electron chi connectivity index (χ1n) is 10.4. The largest absolute Gasteiger partial charge is 0.507 e. The number of hydrogen-bond acceptors (Lipinski definition) is 4. The lowest BCUT2D eigenvalue weighted by Crippen LogP contribution is -2.40. The molecule has 0 unspecified atom stereocenters. The third kappa shape index (κ3) is 4.09. The number of aryl methyl sites for hydroxylation is 1. The van der Waals surface area contributed by atoms with E-state index in [0.29, 0.717) is 24.6 Å². The van der Waals surface area contributed by atoms with Crippen LogP contribution in [0.25, 0.3) is 0 Å². The van der Waals surface area contributed by atoms with Gasteiger partial charge in [0, 0.05) is 12.2 Å². The molecule has 1 N–H and O–H groups in total. The van der Waals surface area contributed by atoms with Gasteiger partial charge < -0.3 is 14.4 Å². The van der Waals surface area contributed by atoms with Crippen molar-refractivity contribution in [3.8, 4) is 11.5 Å². The minimum Gasteiger partial charge on any atom is -0.507 e. The van der Waals surface area contributed by atoms with Crippen molar-refractivity contribution in [2.24, 2.45) is 5.92 Å². The van der Waals surface area contributed by atoms with Gasteiger partial charge in [0.25, 0.3) is 5.56 Å². The van der Waals surface area contributed by atoms with Crippen LogP contribution in [-0.4, -0.2) is 34.3 Å². The standard InChI is InChI=1S/C23H32N2O3/c1-5-25-17(4)15-20(26)21(23(25)27)22(24-13-11-16(3)12-14-24)18-7-9-19(10-8-18)28-6-2/h7-10,15-16,22,26H,5-6,11-14H2,1-4H3/t22-/m0/s1. The number of piperidine rings is 1. The summed E-state index contributed by atoms with van der Waals surface area (Å²) in [7, 11) is 0. The average molecular weight is 385 g/mol. The zero-order chi connectivity index (χ0) is 20.3. The second-order valence-corrected chi connectivity index (χ2v) is 7.76. The van der Waals surface area contributed by atoms with Gasteiger partial charge in [-0.3, -0.25) is 9.69 Å². The molecule has 1 aromatic carbocycles. The van der Waals surface area contributed by atoms with E-state index < -0.39 is 0 Å². The van der Waals surface area contributed by atoms with E-state index in [1.165, 1.54) is 0 Å². The van der Waals surface area contributed by atoms with Crippen LogP contribution in [0, 0.1) is 12.8 Å². The van der Waals surface area contributed by atoms with Gasteiger partial charge in [-0.1, -0.05) is 19.1 Å². The fraction of sp³-hybridized carbons (Fsp3) is 0.522. The van der Waals surface area contributed by atoms with Gasteiger partial charge in [0.1, 0.15) is 11.5 Å². The van der Waals surface area contributed by atoms with Gasteiger partial charge in [-0.15, -0.1) is 0 Å². The van der Waals surface area contributed by atoms with E-state index in [9.17, 15) is 9.90 Å². The molecule has 0 bridgehead atoms. The number of rotatable bonds is 6. The quantitative estimate of drug-likeness (QED) is 0.815. The summed E-state index contributed by atoms with van der Waals surface area (Å²) < 4.78 is 7.32. The number of aromatic nitrogens is 1. The number of hydrogen-bond donors (Lipinski definition) is 1. The summed E-state index contributed by atoms with van der Waals surface area (Å²) in [5.74, 6) is 1.59. The van der Waals surface area contributed by atoms with E-state index in [2.05, 4.69) is 11.8 Å². The third-order valence-electron chi connectivity index (χ3n) is 5.80. The van der Waals surface area contributed by atoms with Gasteiger partial charge >= 0.3 is 0 Å². The highest BCUT2D eigenvalue weighted by molar-refractivity contribution is 5.42. The van der Waals surface area contributed by atoms with Gasteiger partial charge in [0.2, 0.25) is 0 Å². The Morgan fingerprint density at radius 3 is 2.39 bits per heavy atom. The predicted octanol–water partition coefficient (Wildman–Crippen LogP) is 4.10. The molecule has 0 spiro atoms. The zero-order valence-electron chi connectivity index (χ0n) is 17.4. The highest BCUT2D eigenvalue weighted by Crippen LogP contribution is 2.35. The number of aromatic hydroxyl groups is 1. The molecular formula is C23H32N2O3. The van der Waals surface area contributed by atoms with Gasteiger partial charge in [0.15, 0.2) is 0 Å². The Bertz CT molecular complexity index is 849. The van der Waals surface area contributed by atoms with Crippen molar-refractivity contribution in [3.63, 3.8) is 0 Å². The van der Waals surface area contributed by atoms with Crippen molar-refractivity contribution in [2.45, 2.75) is 53.1 Å². The molecule has 1 aliphatic heterocycles. The molecule has 0 radical (unpaired) electrons. The topological polar surface area (TPSA) is 54.7 Å². The molecule has 5 nitrogen and oxygen atoms in total. The lowest BCUT2D eigenvalue weighted by molar-refractivity contribution is 0.154. The second-order valence-electron chi connectivity index (χ2n) is 7.76. The van der Waals surface area contributed by atoms with E-state index in [1.54, 1.807) is 10.6 Å². The molecule has 3 rings (SSSR count). The van der Waals surface area contributed by atoms with Crippen molar-refractivity contribution in [1.29, 1.82) is 0 Å². The summed E-state index contributed by atoms with van der Waals surface area (Å²) in [5.41, 5.74) is 2.17. The maximum absolute atomic E-state index is 13.3. The van der Waals surface area contributed by atoms with Crippen molar-refractivity contribution < 1.29 is 9.84 Å². The molecule has 1 fully saturated rings. The molecule has 28 heavy (non-hydrogen) atoms. The Balaban J connectivity index is 2.10. The van der Waals surface area contributed by atoms with Gasteiger partial charge in [-0.25, -0.2) is 0 Å². The van der Waals surface area contributed by atoms with Crippen LogP contribution < -0.4 is 10.3 Å². The number of pyridine rings is 1. The molecule has 0 aliphatic carbocycles. The van der Waals surface area contributed by atoms with Crippen molar-refractivity contribution in [3.05, 3.63) is 57.5 Å². The fourth-order valence-electron chi connectivity index (χ4n) is 4.18. The number of ether oxygens (including phenoxy) is 1. The first kappa shape index (κ1) is 20.5. The third-order valence-corrected chi connectivity index (χ3v) is 5.80. The number of nitrogens with zero attached hydrogens (tertiary/aromatic N) is 2. The van der Waals surface area contributed by atoms with Gasteiger partial charge in [-0.05, 0) is 76.4 Å². The van der Waals surface area contributed by atoms with Crippen LogP contribution in [-0.2, 0) is 6.54 Å². The Labute approximate surface area is 167 Å². The zero-order valence-corrected chi connectivity index (χ0v) is 17.4. The SMILES string of the molecule is CCOc1ccc([C@@H](c2c(O)cc(C)n(CC)c2=O)N2CCC(C)CC2)cc1. The molecule has 0 amide bonds. The molecule has 1 saturated heterocycles. The fourth-order valence-corrected chi connectivity index (χ4v) is 4.18. The molecule has 152 valence electrons. The molecule has 2 heterocycles. The van der Waals surface area contributed by atoms with Crippen LogP contribution in [0.4, 0.5) is 0 Å². The summed E-state index contributed by atoms with van der Waals surface area (Å²) in [5, 5.41) is 10.8. The summed E-state index contributed by atoms with van der Waals surface area (Å²) in [6.45, 7) is 11.1. The molecule has 2 aromatic rings. The molecule has 1 aromatic heterocycles. The van der Waals surface area contributed by atoms with E-state index >= 15 is 0 Å². The smallest absolute Gasteiger partial charge is 0.259 e. The van der Waals surface area contributed by atoms with Crippen LogP contribution in [0.1, 0.15) is 56.5 Å². The normalized spacial score (nSPS) is 16.9. The number of likely N-dealkylation sites (tertiary alicyclic amines) is 1. The summed E-state index contributed by atoms with van der Waals surface area (Å²) in [4.78, 5) is 15.6. The van der Waals surface area contributed by atoms with E-state index in [1.807, 2.05) is 45.0 Å². The van der Waals surface area contributed by atoms with Crippen molar-refractivity contribution in [1.82, 2.24) is 9.47 Å². The lowest BCUT2D eigenvalue weighted by Gasteiger charge is -2.37. The Kier molecular flexibility index (Phi) is 6.45. The van der Waals surface area contributed by atoms with E-state index in [-0.39, 0.29) is 17.4 Å². The van der Waals surface area contributed by atoms with Crippen LogP contribution in [0.15, 0.2) is 35.1 Å². The molecule has 5 heteroatoms. The van der Waals surface area contributed by atoms with Crippen LogP contribution in [0.2, 0.25) is 0 Å². The number of benzene rings is 1. The monoisotopic (exact) mass is 384 g/mol. The highest BCUT2D eigenvalue weighted by Gasteiger charge is 2.31. The maximum atomic E-state index is 13.3. The van der Waals surface area contributed by atoms with E-state index in [0.717, 1.165) is 42.9 Å². The summed E-state index contributed by atoms with van der Waals surface area (Å²) >= 11 is 0. The van der Waals surface area contributed by atoms with Gasteiger partial charge in [-0.2, -0.15) is 0 Å². The Morgan fingerprint density at radius 2 is 1.82 bits per heavy atom. The maximum Gasteiger partial charge on any atom is 0.259 e. The molecule has 1 aliphatic rings. The second kappa shape index (κ2) is 8.82. The van der Waals surface area contributed by atoms with Crippen LogP contribution >= 0.6 is 0 Å². The summed E-state index contributed by atoms with van der Waals surface area (Å²) in [6.07, 6.45) is 2.20. The van der Waals surface area contributed by atoms with E-state index in [4.69, 9.17) is 4.74 Å². The molecule has 1 atom stereocenters. The van der Waals surface area contributed by atoms with Crippen molar-refractivity contribution >= 4 is 0 Å². The summed E-state index contributed by atoms with van der Waals surface area (Å²) in [6, 6.07) is 9.39. The first-order chi connectivity index (χ1) is 13.5. The molecular weight excluding hydrogens is 352 g/mol. The predicted molar refractivity (Wildman–Crippen MR) is 112 cm³/mol. The highest BCUT2D eigenvalue weighted by atomic mass is 16.5. The lowest BCUT2D eigenvalue weighted by atomic mass is 9.92.